The second-order valence-electron chi connectivity index (χ2n) is 6.76. The quantitative estimate of drug-likeness (QED) is 0.369. The van der Waals surface area contributed by atoms with E-state index in [1.54, 1.807) is 0 Å². The summed E-state index contributed by atoms with van der Waals surface area (Å²) in [7, 11) is 0. The van der Waals surface area contributed by atoms with Gasteiger partial charge < -0.3 is 15.3 Å². The molecule has 3 atom stereocenters. The van der Waals surface area contributed by atoms with Gasteiger partial charge in [0, 0.05) is 0 Å². The van der Waals surface area contributed by atoms with Gasteiger partial charge in [-0.05, 0) is 18.8 Å². The Balaban J connectivity index is 3.95. The third-order valence-corrected chi connectivity index (χ3v) is 4.67. The first-order valence-electron chi connectivity index (χ1n) is 9.64. The van der Waals surface area contributed by atoms with E-state index in [-0.39, 0.29) is 12.5 Å². The monoisotopic (exact) mass is 316 g/mol. The van der Waals surface area contributed by atoms with E-state index in [0.717, 1.165) is 25.7 Å². The fourth-order valence-corrected chi connectivity index (χ4v) is 3.10. The Hall–Kier alpha value is -0.120. The van der Waals surface area contributed by atoms with Crippen molar-refractivity contribution in [3.05, 3.63) is 0 Å². The maximum atomic E-state index is 10.2. The molecule has 3 nitrogen and oxygen atoms in total. The summed E-state index contributed by atoms with van der Waals surface area (Å²) in [6, 6.07) is 0. The van der Waals surface area contributed by atoms with Gasteiger partial charge >= 0.3 is 0 Å². The molecule has 3 unspecified atom stereocenters. The van der Waals surface area contributed by atoms with Crippen molar-refractivity contribution in [2.75, 3.05) is 6.61 Å². The number of aliphatic hydroxyl groups excluding tert-OH is 3. The Kier molecular flexibility index (Phi) is 15.7. The minimum atomic E-state index is -0.985. The molecule has 3 heteroatoms. The largest absolute Gasteiger partial charge is 0.394 e. The van der Waals surface area contributed by atoms with E-state index < -0.39 is 12.2 Å². The van der Waals surface area contributed by atoms with Crippen LogP contribution in [0.3, 0.4) is 0 Å². The van der Waals surface area contributed by atoms with Crippen molar-refractivity contribution in [3.8, 4) is 0 Å². The summed E-state index contributed by atoms with van der Waals surface area (Å²) in [6.07, 6.45) is 13.8. The zero-order valence-corrected chi connectivity index (χ0v) is 15.0. The second kappa shape index (κ2) is 15.8. The summed E-state index contributed by atoms with van der Waals surface area (Å²) in [5.41, 5.74) is 0. The molecule has 0 bridgehead atoms. The van der Waals surface area contributed by atoms with Crippen molar-refractivity contribution in [2.45, 2.75) is 110 Å². The fourth-order valence-electron chi connectivity index (χ4n) is 3.10. The predicted molar refractivity (Wildman–Crippen MR) is 94.0 cm³/mol. The molecule has 0 aromatic heterocycles. The molecule has 0 spiro atoms. The van der Waals surface area contributed by atoms with Crippen LogP contribution in [0, 0.1) is 5.92 Å². The van der Waals surface area contributed by atoms with E-state index in [9.17, 15) is 10.2 Å². The lowest BCUT2D eigenvalue weighted by Crippen LogP contribution is -2.36. The topological polar surface area (TPSA) is 60.7 Å². The zero-order valence-electron chi connectivity index (χ0n) is 15.0. The van der Waals surface area contributed by atoms with E-state index in [1.165, 1.54) is 57.8 Å². The van der Waals surface area contributed by atoms with Gasteiger partial charge in [0.05, 0.1) is 12.7 Å². The van der Waals surface area contributed by atoms with Gasteiger partial charge in [-0.25, -0.2) is 0 Å². The summed E-state index contributed by atoms with van der Waals surface area (Å²) in [4.78, 5) is 0. The lowest BCUT2D eigenvalue weighted by atomic mass is 9.87. The van der Waals surface area contributed by atoms with Gasteiger partial charge in [-0.3, -0.25) is 0 Å². The molecule has 0 aliphatic heterocycles. The van der Waals surface area contributed by atoms with Crippen LogP contribution in [0.5, 0.6) is 0 Å². The first kappa shape index (κ1) is 21.9. The number of rotatable bonds is 16. The Morgan fingerprint density at radius 3 is 1.50 bits per heavy atom. The third-order valence-electron chi connectivity index (χ3n) is 4.67. The van der Waals surface area contributed by atoms with Crippen molar-refractivity contribution >= 4 is 0 Å². The summed E-state index contributed by atoms with van der Waals surface area (Å²) >= 11 is 0. The van der Waals surface area contributed by atoms with Crippen LogP contribution in [0.1, 0.15) is 97.3 Å². The molecule has 0 aromatic carbocycles. The fraction of sp³-hybridized carbons (Fsp3) is 1.00. The van der Waals surface area contributed by atoms with Crippen molar-refractivity contribution in [3.63, 3.8) is 0 Å². The summed E-state index contributed by atoms with van der Waals surface area (Å²) in [5.74, 6) is 0.134. The summed E-state index contributed by atoms with van der Waals surface area (Å²) in [6.45, 7) is 4.08. The molecular weight excluding hydrogens is 276 g/mol. The summed E-state index contributed by atoms with van der Waals surface area (Å²) < 4.78 is 0. The van der Waals surface area contributed by atoms with Crippen molar-refractivity contribution in [1.29, 1.82) is 0 Å². The van der Waals surface area contributed by atoms with Gasteiger partial charge in [0.15, 0.2) is 0 Å². The SMILES string of the molecule is CCCCCCCCCC(CCCCCC)C(O)C(O)CO. The van der Waals surface area contributed by atoms with Crippen LogP contribution in [-0.4, -0.2) is 34.1 Å². The van der Waals surface area contributed by atoms with Crippen molar-refractivity contribution in [2.24, 2.45) is 5.92 Å². The molecule has 0 aliphatic rings. The lowest BCUT2D eigenvalue weighted by molar-refractivity contribution is -0.0475. The molecule has 0 aromatic rings. The number of hydrogen-bond acceptors (Lipinski definition) is 3. The van der Waals surface area contributed by atoms with Gasteiger partial charge in [-0.2, -0.15) is 0 Å². The maximum Gasteiger partial charge on any atom is 0.103 e. The van der Waals surface area contributed by atoms with Gasteiger partial charge in [0.1, 0.15) is 6.10 Å². The van der Waals surface area contributed by atoms with Crippen LogP contribution in [-0.2, 0) is 0 Å². The molecule has 0 rings (SSSR count). The zero-order chi connectivity index (χ0) is 16.6. The van der Waals surface area contributed by atoms with E-state index >= 15 is 0 Å². The number of hydrogen-bond donors (Lipinski definition) is 3. The number of unbranched alkanes of at least 4 members (excludes halogenated alkanes) is 9. The molecule has 0 fully saturated rings. The first-order valence-corrected chi connectivity index (χ1v) is 9.64. The predicted octanol–water partition coefficient (Wildman–Crippen LogP) is 4.43. The van der Waals surface area contributed by atoms with Crippen LogP contribution >= 0.6 is 0 Å². The standard InChI is InChI=1S/C19H40O3/c1-3-5-7-9-10-11-13-15-17(14-12-8-6-4-2)19(22)18(21)16-20/h17-22H,3-16H2,1-2H3. The smallest absolute Gasteiger partial charge is 0.103 e. The highest BCUT2D eigenvalue weighted by atomic mass is 16.4. The van der Waals surface area contributed by atoms with Gasteiger partial charge in [0.25, 0.3) is 0 Å². The molecule has 0 saturated heterocycles. The van der Waals surface area contributed by atoms with Gasteiger partial charge in [0.2, 0.25) is 0 Å². The average Bonchev–Trinajstić information content (AvgIpc) is 2.54. The van der Waals surface area contributed by atoms with Gasteiger partial charge in [-0.1, -0.05) is 84.5 Å². The van der Waals surface area contributed by atoms with E-state index in [1.807, 2.05) is 0 Å². The minimum absolute atomic E-state index is 0.134. The summed E-state index contributed by atoms with van der Waals surface area (Å²) in [5, 5.41) is 28.9. The Labute approximate surface area is 138 Å². The molecular formula is C19H40O3. The molecule has 0 saturated carbocycles. The highest BCUT2D eigenvalue weighted by Crippen LogP contribution is 2.23. The molecule has 3 N–H and O–H groups in total. The molecule has 0 radical (unpaired) electrons. The van der Waals surface area contributed by atoms with E-state index in [4.69, 9.17) is 5.11 Å². The molecule has 134 valence electrons. The second-order valence-corrected chi connectivity index (χ2v) is 6.76. The highest BCUT2D eigenvalue weighted by Gasteiger charge is 2.25. The van der Waals surface area contributed by atoms with E-state index in [0.29, 0.717) is 0 Å². The van der Waals surface area contributed by atoms with Crippen LogP contribution in [0.2, 0.25) is 0 Å². The van der Waals surface area contributed by atoms with Crippen LogP contribution in [0.4, 0.5) is 0 Å². The molecule has 0 amide bonds. The normalized spacial score (nSPS) is 15.7. The average molecular weight is 317 g/mol. The Morgan fingerprint density at radius 1 is 0.636 bits per heavy atom. The van der Waals surface area contributed by atoms with Crippen LogP contribution in [0.15, 0.2) is 0 Å². The highest BCUT2D eigenvalue weighted by molar-refractivity contribution is 4.76. The molecule has 0 heterocycles. The maximum absolute atomic E-state index is 10.2. The molecule has 22 heavy (non-hydrogen) atoms. The van der Waals surface area contributed by atoms with Crippen molar-refractivity contribution in [1.82, 2.24) is 0 Å². The first-order chi connectivity index (χ1) is 10.7. The Morgan fingerprint density at radius 2 is 1.05 bits per heavy atom. The third kappa shape index (κ3) is 11.4. The van der Waals surface area contributed by atoms with Crippen LogP contribution < -0.4 is 0 Å². The van der Waals surface area contributed by atoms with Crippen molar-refractivity contribution < 1.29 is 15.3 Å². The van der Waals surface area contributed by atoms with Gasteiger partial charge in [-0.15, -0.1) is 0 Å². The minimum Gasteiger partial charge on any atom is -0.394 e. The van der Waals surface area contributed by atoms with Crippen LogP contribution in [0.25, 0.3) is 0 Å². The number of aliphatic hydroxyl groups is 3. The lowest BCUT2D eigenvalue weighted by Gasteiger charge is -2.26. The molecule has 0 aliphatic carbocycles. The van der Waals surface area contributed by atoms with E-state index in [2.05, 4.69) is 13.8 Å². The Bertz CT molecular complexity index is 221.